The minimum absolute atomic E-state index is 0. The predicted molar refractivity (Wildman–Crippen MR) is 99.4 cm³/mol. The van der Waals surface area contributed by atoms with Crippen LogP contribution < -0.4 is 10.1 Å². The molecule has 2 unspecified atom stereocenters. The second-order valence-electron chi connectivity index (χ2n) is 5.58. The van der Waals surface area contributed by atoms with Crippen LogP contribution in [0.4, 0.5) is 0 Å². The van der Waals surface area contributed by atoms with Gasteiger partial charge in [-0.3, -0.25) is 10.1 Å². The zero-order valence-electron chi connectivity index (χ0n) is 13.2. The number of para-hydroxylation sites is 1. The zero-order valence-corrected chi connectivity index (χ0v) is 14.8. The summed E-state index contributed by atoms with van der Waals surface area (Å²) in [5.41, 5.74) is 1.17. The molecule has 4 nitrogen and oxygen atoms in total. The van der Waals surface area contributed by atoms with Crippen molar-refractivity contribution >= 4 is 30.1 Å². The highest BCUT2D eigenvalue weighted by Gasteiger charge is 2.32. The SMILES string of the molecule is CC(c1ccc(Oc2ccccc2)cc1)C1N[C@H](C(=O)O)CS1.Cl. The van der Waals surface area contributed by atoms with Crippen molar-refractivity contribution in [3.05, 3.63) is 60.2 Å². The first kappa shape index (κ1) is 18.6. The summed E-state index contributed by atoms with van der Waals surface area (Å²) in [6.07, 6.45) is 0. The van der Waals surface area contributed by atoms with Gasteiger partial charge in [0.05, 0.1) is 5.37 Å². The lowest BCUT2D eigenvalue weighted by atomic mass is 10.0. The zero-order chi connectivity index (χ0) is 16.2. The van der Waals surface area contributed by atoms with E-state index in [1.54, 1.807) is 11.8 Å². The van der Waals surface area contributed by atoms with Gasteiger partial charge in [0.1, 0.15) is 17.5 Å². The Hall–Kier alpha value is -1.69. The van der Waals surface area contributed by atoms with Crippen molar-refractivity contribution in [3.8, 4) is 11.5 Å². The Morgan fingerprint density at radius 2 is 1.79 bits per heavy atom. The fraction of sp³-hybridized carbons (Fsp3) is 0.278. The van der Waals surface area contributed by atoms with E-state index < -0.39 is 12.0 Å². The molecule has 0 radical (unpaired) electrons. The fourth-order valence-corrected chi connectivity index (χ4v) is 3.91. The van der Waals surface area contributed by atoms with Crippen molar-refractivity contribution in [2.24, 2.45) is 0 Å². The highest BCUT2D eigenvalue weighted by atomic mass is 35.5. The molecule has 128 valence electrons. The number of carboxylic acids is 1. The molecular weight excluding hydrogens is 346 g/mol. The van der Waals surface area contributed by atoms with Crippen LogP contribution >= 0.6 is 24.2 Å². The quantitative estimate of drug-likeness (QED) is 0.834. The van der Waals surface area contributed by atoms with Gasteiger partial charge < -0.3 is 9.84 Å². The molecule has 2 N–H and O–H groups in total. The van der Waals surface area contributed by atoms with E-state index in [0.29, 0.717) is 5.75 Å². The van der Waals surface area contributed by atoms with Gasteiger partial charge in [-0.2, -0.15) is 0 Å². The molecule has 0 saturated carbocycles. The number of benzene rings is 2. The second-order valence-corrected chi connectivity index (χ2v) is 6.76. The van der Waals surface area contributed by atoms with Gasteiger partial charge in [0.15, 0.2) is 0 Å². The molecule has 24 heavy (non-hydrogen) atoms. The Kier molecular flexibility index (Phi) is 6.54. The molecular formula is C18H20ClNO3S. The Labute approximate surface area is 152 Å². The van der Waals surface area contributed by atoms with Gasteiger partial charge in [0.25, 0.3) is 0 Å². The van der Waals surface area contributed by atoms with Crippen LogP contribution in [-0.2, 0) is 4.79 Å². The number of hydrogen-bond donors (Lipinski definition) is 2. The van der Waals surface area contributed by atoms with Crippen molar-refractivity contribution in [2.75, 3.05) is 5.75 Å². The maximum atomic E-state index is 11.0. The van der Waals surface area contributed by atoms with Crippen molar-refractivity contribution in [1.82, 2.24) is 5.32 Å². The average molecular weight is 366 g/mol. The highest BCUT2D eigenvalue weighted by Crippen LogP contribution is 2.32. The second kappa shape index (κ2) is 8.42. The van der Waals surface area contributed by atoms with Crippen molar-refractivity contribution in [2.45, 2.75) is 24.3 Å². The molecule has 2 aromatic carbocycles. The van der Waals surface area contributed by atoms with E-state index in [4.69, 9.17) is 9.84 Å². The number of halogens is 1. The standard InChI is InChI=1S/C18H19NO3S.ClH/c1-12(17-19-16(11-23-17)18(20)21)13-7-9-15(10-8-13)22-14-5-3-2-4-6-14;/h2-10,12,16-17,19H,11H2,1H3,(H,20,21);1H/t12?,16-,17?;/m0./s1. The number of ether oxygens (including phenoxy) is 1. The normalized spacial score (nSPS) is 20.9. The lowest BCUT2D eigenvalue weighted by Gasteiger charge is -2.20. The molecule has 1 saturated heterocycles. The van der Waals surface area contributed by atoms with Crippen LogP contribution in [0.25, 0.3) is 0 Å². The predicted octanol–water partition coefficient (Wildman–Crippen LogP) is 4.12. The van der Waals surface area contributed by atoms with E-state index in [2.05, 4.69) is 12.2 Å². The first-order chi connectivity index (χ1) is 11.1. The van der Waals surface area contributed by atoms with Crippen molar-refractivity contribution < 1.29 is 14.6 Å². The minimum Gasteiger partial charge on any atom is -0.480 e. The number of thioether (sulfide) groups is 1. The van der Waals surface area contributed by atoms with E-state index in [0.717, 1.165) is 11.5 Å². The van der Waals surface area contributed by atoms with Crippen LogP contribution in [0.5, 0.6) is 11.5 Å². The summed E-state index contributed by atoms with van der Waals surface area (Å²) in [5.74, 6) is 1.67. The summed E-state index contributed by atoms with van der Waals surface area (Å²) >= 11 is 1.67. The van der Waals surface area contributed by atoms with E-state index in [-0.39, 0.29) is 23.7 Å². The Morgan fingerprint density at radius 3 is 2.38 bits per heavy atom. The van der Waals surface area contributed by atoms with Gasteiger partial charge in [0, 0.05) is 11.7 Å². The number of carboxylic acid groups (broad SMARTS) is 1. The number of nitrogens with one attached hydrogen (secondary N) is 1. The summed E-state index contributed by atoms with van der Waals surface area (Å²) in [4.78, 5) is 11.0. The molecule has 0 aromatic heterocycles. The summed E-state index contributed by atoms with van der Waals surface area (Å²) in [6.45, 7) is 2.11. The molecule has 2 aromatic rings. The van der Waals surface area contributed by atoms with Gasteiger partial charge in [-0.1, -0.05) is 37.3 Å². The fourth-order valence-electron chi connectivity index (χ4n) is 2.56. The van der Waals surface area contributed by atoms with Crippen LogP contribution in [0.2, 0.25) is 0 Å². The third-order valence-corrected chi connectivity index (χ3v) is 5.37. The molecule has 1 heterocycles. The Balaban J connectivity index is 0.00000208. The number of rotatable bonds is 5. The van der Waals surface area contributed by atoms with E-state index in [9.17, 15) is 4.79 Å². The van der Waals surface area contributed by atoms with Gasteiger partial charge in [-0.25, -0.2) is 0 Å². The first-order valence-electron chi connectivity index (χ1n) is 7.57. The van der Waals surface area contributed by atoms with Crippen LogP contribution in [0.1, 0.15) is 18.4 Å². The van der Waals surface area contributed by atoms with Crippen LogP contribution in [0.15, 0.2) is 54.6 Å². The lowest BCUT2D eigenvalue weighted by molar-refractivity contribution is -0.138. The molecule has 1 aliphatic heterocycles. The van der Waals surface area contributed by atoms with E-state index >= 15 is 0 Å². The molecule has 6 heteroatoms. The molecule has 0 amide bonds. The number of aliphatic carboxylic acids is 1. The third-order valence-electron chi connectivity index (χ3n) is 3.94. The third kappa shape index (κ3) is 4.44. The molecule has 3 atom stereocenters. The van der Waals surface area contributed by atoms with Crippen molar-refractivity contribution in [1.29, 1.82) is 0 Å². The minimum atomic E-state index is -0.779. The number of carbonyl (C=O) groups is 1. The van der Waals surface area contributed by atoms with Crippen LogP contribution in [0, 0.1) is 0 Å². The summed E-state index contributed by atoms with van der Waals surface area (Å²) in [6, 6.07) is 17.2. The Bertz CT molecular complexity index is 666. The summed E-state index contributed by atoms with van der Waals surface area (Å²) in [7, 11) is 0. The molecule has 0 aliphatic carbocycles. The van der Waals surface area contributed by atoms with Crippen molar-refractivity contribution in [3.63, 3.8) is 0 Å². The van der Waals surface area contributed by atoms with Gasteiger partial charge in [-0.15, -0.1) is 24.2 Å². The first-order valence-corrected chi connectivity index (χ1v) is 8.61. The largest absolute Gasteiger partial charge is 0.480 e. The average Bonchev–Trinajstić information content (AvgIpc) is 3.06. The van der Waals surface area contributed by atoms with E-state index in [1.165, 1.54) is 5.56 Å². The van der Waals surface area contributed by atoms with Crippen LogP contribution in [-0.4, -0.2) is 28.2 Å². The topological polar surface area (TPSA) is 58.6 Å². The molecule has 0 spiro atoms. The monoisotopic (exact) mass is 365 g/mol. The molecule has 1 aliphatic rings. The van der Waals surface area contributed by atoms with Crippen LogP contribution in [0.3, 0.4) is 0 Å². The smallest absolute Gasteiger partial charge is 0.321 e. The summed E-state index contributed by atoms with van der Waals surface area (Å²) < 4.78 is 5.79. The van der Waals surface area contributed by atoms with Gasteiger partial charge in [0.2, 0.25) is 0 Å². The maximum Gasteiger partial charge on any atom is 0.321 e. The number of hydrogen-bond acceptors (Lipinski definition) is 4. The molecule has 1 fully saturated rings. The highest BCUT2D eigenvalue weighted by molar-refractivity contribution is 8.00. The summed E-state index contributed by atoms with van der Waals surface area (Å²) in [5, 5.41) is 12.4. The van der Waals surface area contributed by atoms with Gasteiger partial charge >= 0.3 is 5.97 Å². The molecule has 0 bridgehead atoms. The van der Waals surface area contributed by atoms with Gasteiger partial charge in [-0.05, 0) is 29.8 Å². The lowest BCUT2D eigenvalue weighted by Crippen LogP contribution is -2.38. The van der Waals surface area contributed by atoms with E-state index in [1.807, 2.05) is 54.6 Å². The molecule has 3 rings (SSSR count). The Morgan fingerprint density at radius 1 is 1.17 bits per heavy atom. The maximum absolute atomic E-state index is 11.0.